The van der Waals surface area contributed by atoms with Crippen LogP contribution in [0.1, 0.15) is 16.8 Å². The highest BCUT2D eigenvalue weighted by Crippen LogP contribution is 2.55. The molecule has 0 radical (unpaired) electrons. The van der Waals surface area contributed by atoms with Gasteiger partial charge in [-0.3, -0.25) is 4.98 Å². The third-order valence-electron chi connectivity index (χ3n) is 10.3. The molecule has 0 N–H and O–H groups in total. The molecule has 0 saturated heterocycles. The number of hydrogen-bond acceptors (Lipinski definition) is 4. The molecule has 0 bridgehead atoms. The minimum atomic E-state index is -0.773. The van der Waals surface area contributed by atoms with Crippen molar-refractivity contribution in [3.63, 3.8) is 0 Å². The number of fused-ring (bicyclic) bond motifs is 10. The standard InChI is InChI=1S/C38H22N6O2/c1-21-36(22-12-13-24-25-16-17-39-20-32(25)46-31(24)19-22)40-44-28-9-6-10-29-34(28)38(43(21)44)35-30(45-29)15-14-26-23-7-2-3-8-27(23)42(37(26)35)33-11-4-5-18-41(33)38/h2-20H,1H3/q+2. The van der Waals surface area contributed by atoms with Gasteiger partial charge in [0.1, 0.15) is 39.4 Å². The number of aromatic nitrogens is 6. The quantitative estimate of drug-likeness (QED) is 0.195. The Morgan fingerprint density at radius 2 is 1.63 bits per heavy atom. The van der Waals surface area contributed by atoms with Crippen molar-refractivity contribution in [3.8, 4) is 34.3 Å². The number of rotatable bonds is 1. The number of benzene rings is 4. The molecule has 4 aromatic carbocycles. The lowest BCUT2D eigenvalue weighted by molar-refractivity contribution is -0.997. The van der Waals surface area contributed by atoms with Gasteiger partial charge >= 0.3 is 5.66 Å². The minimum absolute atomic E-state index is 0.773. The molecular weight excluding hydrogens is 572 g/mol. The summed E-state index contributed by atoms with van der Waals surface area (Å²) in [5.74, 6) is 2.78. The molecule has 1 atom stereocenters. The molecule has 3 aliphatic rings. The monoisotopic (exact) mass is 594 g/mol. The van der Waals surface area contributed by atoms with Crippen LogP contribution in [0.3, 0.4) is 0 Å². The number of nitrogens with zero attached hydrogens (tertiary/aromatic N) is 6. The van der Waals surface area contributed by atoms with E-state index in [1.54, 1.807) is 12.4 Å². The summed E-state index contributed by atoms with van der Waals surface area (Å²) in [5, 5.41) is 9.91. The molecule has 46 heavy (non-hydrogen) atoms. The Morgan fingerprint density at radius 1 is 0.761 bits per heavy atom. The highest BCUT2D eigenvalue weighted by Gasteiger charge is 2.67. The normalized spacial score (nSPS) is 16.6. The van der Waals surface area contributed by atoms with E-state index in [0.29, 0.717) is 0 Å². The van der Waals surface area contributed by atoms with E-state index in [9.17, 15) is 0 Å². The number of ether oxygens (including phenoxy) is 1. The van der Waals surface area contributed by atoms with Gasteiger partial charge in [0.2, 0.25) is 0 Å². The molecule has 0 fully saturated rings. The summed E-state index contributed by atoms with van der Waals surface area (Å²) < 4.78 is 20.2. The molecule has 1 spiro atoms. The van der Waals surface area contributed by atoms with Crippen LogP contribution in [0.25, 0.3) is 66.5 Å². The van der Waals surface area contributed by atoms with Gasteiger partial charge in [0.15, 0.2) is 16.8 Å². The molecule has 8 heteroatoms. The van der Waals surface area contributed by atoms with Gasteiger partial charge in [-0.25, -0.2) is 0 Å². The molecule has 8 heterocycles. The molecule has 0 aliphatic carbocycles. The average Bonchev–Trinajstić information content (AvgIpc) is 3.82. The SMILES string of the molecule is Cc1c(-c2ccc3c(c2)oc2cnccc23)nn2[n+]1C13c4c(cccc4-2)Oc2ccc4c5ccccc5n(c4c21)-c1cccc[n+]13. The maximum atomic E-state index is 6.78. The van der Waals surface area contributed by atoms with Gasteiger partial charge in [-0.2, -0.15) is 9.13 Å². The van der Waals surface area contributed by atoms with E-state index < -0.39 is 5.66 Å². The van der Waals surface area contributed by atoms with Crippen molar-refractivity contribution in [3.05, 3.63) is 132 Å². The second-order valence-corrected chi connectivity index (χ2v) is 12.4. The molecular formula is C38H22N6O2+2. The highest BCUT2D eigenvalue weighted by molar-refractivity contribution is 6.11. The van der Waals surface area contributed by atoms with E-state index in [4.69, 9.17) is 14.3 Å². The van der Waals surface area contributed by atoms with E-state index in [-0.39, 0.29) is 0 Å². The van der Waals surface area contributed by atoms with Crippen LogP contribution in [0.15, 0.2) is 120 Å². The van der Waals surface area contributed by atoms with Crippen LogP contribution in [-0.2, 0) is 5.66 Å². The first-order valence-electron chi connectivity index (χ1n) is 15.4. The van der Waals surface area contributed by atoms with Crippen molar-refractivity contribution in [2.24, 2.45) is 0 Å². The van der Waals surface area contributed by atoms with E-state index in [1.807, 2.05) is 6.07 Å². The minimum Gasteiger partial charge on any atom is -0.456 e. The van der Waals surface area contributed by atoms with Crippen molar-refractivity contribution >= 4 is 43.7 Å². The van der Waals surface area contributed by atoms with Gasteiger partial charge in [0, 0.05) is 46.3 Å². The maximum absolute atomic E-state index is 6.78. The maximum Gasteiger partial charge on any atom is 0.338 e. The molecule has 5 aromatic heterocycles. The topological polar surface area (TPSA) is 65.8 Å². The van der Waals surface area contributed by atoms with Crippen molar-refractivity contribution in [2.45, 2.75) is 12.6 Å². The largest absolute Gasteiger partial charge is 0.456 e. The summed E-state index contributed by atoms with van der Waals surface area (Å²) in [6.45, 7) is 2.18. The van der Waals surface area contributed by atoms with Crippen molar-refractivity contribution in [1.82, 2.24) is 19.4 Å². The summed E-state index contributed by atoms with van der Waals surface area (Å²) in [6.07, 6.45) is 5.78. The van der Waals surface area contributed by atoms with Gasteiger partial charge < -0.3 is 9.15 Å². The van der Waals surface area contributed by atoms with Gasteiger partial charge in [-0.15, -0.1) is 0 Å². The zero-order valence-electron chi connectivity index (χ0n) is 24.5. The van der Waals surface area contributed by atoms with Crippen LogP contribution in [0, 0.1) is 6.92 Å². The Balaban J connectivity index is 1.24. The van der Waals surface area contributed by atoms with Crippen LogP contribution in [-0.4, -0.2) is 19.4 Å². The smallest absolute Gasteiger partial charge is 0.338 e. The summed E-state index contributed by atoms with van der Waals surface area (Å²) in [7, 11) is 0. The second kappa shape index (κ2) is 7.50. The molecule has 0 saturated carbocycles. The van der Waals surface area contributed by atoms with Crippen LogP contribution in [0.5, 0.6) is 11.5 Å². The highest BCUT2D eigenvalue weighted by atomic mass is 16.5. The van der Waals surface area contributed by atoms with Crippen LogP contribution >= 0.6 is 0 Å². The Hall–Kier alpha value is -6.28. The van der Waals surface area contributed by atoms with Gasteiger partial charge in [0.05, 0.1) is 17.5 Å². The Morgan fingerprint density at radius 3 is 2.61 bits per heavy atom. The summed E-state index contributed by atoms with van der Waals surface area (Å²) in [6, 6.07) is 34.1. The molecule has 1 unspecified atom stereocenters. The fourth-order valence-electron chi connectivity index (χ4n) is 8.55. The lowest BCUT2D eigenvalue weighted by atomic mass is 9.84. The lowest BCUT2D eigenvalue weighted by Crippen LogP contribution is -2.77. The van der Waals surface area contributed by atoms with Crippen LogP contribution in [0.2, 0.25) is 0 Å². The Kier molecular flexibility index (Phi) is 3.77. The Bertz CT molecular complexity index is 2880. The molecule has 8 nitrogen and oxygen atoms in total. The van der Waals surface area contributed by atoms with E-state index in [1.165, 1.54) is 16.3 Å². The zero-order valence-corrected chi connectivity index (χ0v) is 24.5. The van der Waals surface area contributed by atoms with Gasteiger partial charge in [-0.05, 0) is 71.5 Å². The Labute approximate surface area is 260 Å². The van der Waals surface area contributed by atoms with Crippen LogP contribution < -0.4 is 14.0 Å². The first kappa shape index (κ1) is 23.1. The fraction of sp³-hybridized carbons (Fsp3) is 0.0526. The van der Waals surface area contributed by atoms with Crippen molar-refractivity contribution in [2.75, 3.05) is 0 Å². The summed E-state index contributed by atoms with van der Waals surface area (Å²) in [5.41, 5.74) is 9.28. The number of pyridine rings is 2. The predicted octanol–water partition coefficient (Wildman–Crippen LogP) is 6.84. The van der Waals surface area contributed by atoms with E-state index in [2.05, 4.69) is 128 Å². The third kappa shape index (κ3) is 2.36. The molecule has 12 rings (SSSR count). The summed E-state index contributed by atoms with van der Waals surface area (Å²) >= 11 is 0. The van der Waals surface area contributed by atoms with Crippen molar-refractivity contribution in [1.29, 1.82) is 0 Å². The van der Waals surface area contributed by atoms with Crippen LogP contribution in [0.4, 0.5) is 0 Å². The second-order valence-electron chi connectivity index (χ2n) is 12.4. The zero-order chi connectivity index (χ0) is 29.9. The van der Waals surface area contributed by atoms with E-state index >= 15 is 0 Å². The predicted molar refractivity (Wildman–Crippen MR) is 172 cm³/mol. The van der Waals surface area contributed by atoms with E-state index in [0.717, 1.165) is 78.5 Å². The fourth-order valence-corrected chi connectivity index (χ4v) is 8.55. The number of para-hydroxylation sites is 1. The molecule has 3 aliphatic heterocycles. The lowest BCUT2D eigenvalue weighted by Gasteiger charge is -2.35. The van der Waals surface area contributed by atoms with Gasteiger partial charge in [-0.1, -0.05) is 28.9 Å². The third-order valence-corrected chi connectivity index (χ3v) is 10.3. The number of furan rings is 1. The molecule has 0 amide bonds. The first-order valence-corrected chi connectivity index (χ1v) is 15.4. The van der Waals surface area contributed by atoms with Gasteiger partial charge in [0.25, 0.3) is 11.5 Å². The number of hydrogen-bond donors (Lipinski definition) is 0. The summed E-state index contributed by atoms with van der Waals surface area (Å²) in [4.78, 5) is 6.33. The van der Waals surface area contributed by atoms with Crippen molar-refractivity contribution < 1.29 is 18.4 Å². The average molecular weight is 595 g/mol. The molecule has 214 valence electrons. The first-order chi connectivity index (χ1) is 22.7. The molecule has 9 aromatic rings.